The fraction of sp³-hybridized carbons (Fsp3) is 0.348. The number of carbonyl (C=O) groups excluding carboxylic acids is 1. The predicted octanol–water partition coefficient (Wildman–Crippen LogP) is 3.76. The summed E-state index contributed by atoms with van der Waals surface area (Å²) in [6, 6.07) is 13.0. The van der Waals surface area contributed by atoms with E-state index < -0.39 is 6.04 Å². The van der Waals surface area contributed by atoms with Crippen LogP contribution >= 0.6 is 0 Å². The van der Waals surface area contributed by atoms with Gasteiger partial charge in [0.2, 0.25) is 5.91 Å². The third-order valence-corrected chi connectivity index (χ3v) is 4.94. The zero-order valence-corrected chi connectivity index (χ0v) is 17.7. The second-order valence-electron chi connectivity index (χ2n) is 7.07. The zero-order chi connectivity index (χ0) is 21.5. The van der Waals surface area contributed by atoms with Crippen molar-refractivity contribution in [3.8, 4) is 23.0 Å². The largest absolute Gasteiger partial charge is 0.493 e. The van der Waals surface area contributed by atoms with E-state index in [4.69, 9.17) is 19.9 Å². The first kappa shape index (κ1) is 21.5. The Morgan fingerprint density at radius 2 is 1.80 bits per heavy atom. The molecule has 0 spiro atoms. The Kier molecular flexibility index (Phi) is 7.19. The monoisotopic (exact) mass is 411 g/mol. The van der Waals surface area contributed by atoms with Crippen LogP contribution in [0.2, 0.25) is 0 Å². The highest BCUT2D eigenvalue weighted by Gasteiger charge is 2.10. The first-order chi connectivity index (χ1) is 14.5. The minimum absolute atomic E-state index is 0.0916. The van der Waals surface area contributed by atoms with Crippen molar-refractivity contribution in [2.75, 3.05) is 20.8 Å². The molecule has 0 fully saturated rings. The maximum Gasteiger partial charge on any atom is 0.236 e. The fourth-order valence-corrected chi connectivity index (χ4v) is 3.19. The van der Waals surface area contributed by atoms with Gasteiger partial charge in [0.05, 0.1) is 20.3 Å². The summed E-state index contributed by atoms with van der Waals surface area (Å²) in [7, 11) is 3.20. The van der Waals surface area contributed by atoms with Crippen molar-refractivity contribution < 1.29 is 19.0 Å². The van der Waals surface area contributed by atoms with Gasteiger partial charge in [-0.25, -0.2) is 0 Å². The van der Waals surface area contributed by atoms with Crippen LogP contribution in [-0.2, 0) is 11.2 Å². The van der Waals surface area contributed by atoms with Crippen molar-refractivity contribution >= 4 is 16.8 Å². The standard InChI is InChI=1S/C23H29N3O4/c1-4-19(24)23(27)25-11-5-6-16-12-15-13-17(7-9-20(15)26-16)30-18-8-10-21(28-2)22(14-18)29-3/h7-10,12-14,19,26H,4-6,11,24H2,1-3H3,(H,25,27). The molecule has 1 atom stereocenters. The number of H-pyrrole nitrogens is 1. The third-order valence-electron chi connectivity index (χ3n) is 4.94. The lowest BCUT2D eigenvalue weighted by Gasteiger charge is -2.10. The van der Waals surface area contributed by atoms with Crippen LogP contribution in [0.4, 0.5) is 0 Å². The summed E-state index contributed by atoms with van der Waals surface area (Å²) < 4.78 is 16.6. The maximum absolute atomic E-state index is 11.7. The lowest BCUT2D eigenvalue weighted by atomic mass is 10.2. The number of fused-ring (bicyclic) bond motifs is 1. The summed E-state index contributed by atoms with van der Waals surface area (Å²) in [6.07, 6.45) is 2.31. The number of methoxy groups -OCH3 is 2. The number of amides is 1. The number of aromatic amines is 1. The van der Waals surface area contributed by atoms with E-state index in [0.717, 1.165) is 35.2 Å². The summed E-state index contributed by atoms with van der Waals surface area (Å²) in [5.41, 5.74) is 7.87. The smallest absolute Gasteiger partial charge is 0.236 e. The number of benzene rings is 2. The van der Waals surface area contributed by atoms with Crippen LogP contribution in [0.5, 0.6) is 23.0 Å². The van der Waals surface area contributed by atoms with Crippen LogP contribution in [0.3, 0.4) is 0 Å². The number of nitrogens with two attached hydrogens (primary N) is 1. The van der Waals surface area contributed by atoms with Crippen molar-refractivity contribution in [2.45, 2.75) is 32.2 Å². The van der Waals surface area contributed by atoms with E-state index >= 15 is 0 Å². The Hall–Kier alpha value is -3.19. The molecule has 0 bridgehead atoms. The van der Waals surface area contributed by atoms with Gasteiger partial charge >= 0.3 is 0 Å². The molecule has 3 aromatic rings. The van der Waals surface area contributed by atoms with Gasteiger partial charge in [-0.1, -0.05) is 6.92 Å². The van der Waals surface area contributed by atoms with E-state index in [1.165, 1.54) is 0 Å². The topological polar surface area (TPSA) is 98.6 Å². The molecule has 160 valence electrons. The molecule has 7 nitrogen and oxygen atoms in total. The van der Waals surface area contributed by atoms with Crippen LogP contribution in [0, 0.1) is 0 Å². The van der Waals surface area contributed by atoms with E-state index in [-0.39, 0.29) is 5.91 Å². The average molecular weight is 412 g/mol. The molecule has 30 heavy (non-hydrogen) atoms. The second-order valence-corrected chi connectivity index (χ2v) is 7.07. The van der Waals surface area contributed by atoms with Gasteiger partial charge in [0, 0.05) is 29.2 Å². The van der Waals surface area contributed by atoms with Gasteiger partial charge in [-0.05, 0) is 55.7 Å². The molecule has 3 rings (SSSR count). The van der Waals surface area contributed by atoms with E-state index in [1.807, 2.05) is 37.3 Å². The second kappa shape index (κ2) is 10.0. The minimum Gasteiger partial charge on any atom is -0.493 e. The van der Waals surface area contributed by atoms with Crippen LogP contribution in [0.1, 0.15) is 25.5 Å². The quantitative estimate of drug-likeness (QED) is 0.441. The van der Waals surface area contributed by atoms with E-state index in [0.29, 0.717) is 30.2 Å². The van der Waals surface area contributed by atoms with Gasteiger partial charge < -0.3 is 30.2 Å². The van der Waals surface area contributed by atoms with Crippen molar-refractivity contribution in [3.05, 3.63) is 48.2 Å². The molecular formula is C23H29N3O4. The van der Waals surface area contributed by atoms with Crippen LogP contribution in [0.15, 0.2) is 42.5 Å². The molecule has 0 saturated heterocycles. The number of nitrogens with one attached hydrogen (secondary N) is 2. The number of aromatic nitrogens is 1. The highest BCUT2D eigenvalue weighted by atomic mass is 16.5. The van der Waals surface area contributed by atoms with Crippen molar-refractivity contribution in [1.82, 2.24) is 10.3 Å². The summed E-state index contributed by atoms with van der Waals surface area (Å²) in [4.78, 5) is 15.1. The molecule has 7 heteroatoms. The third kappa shape index (κ3) is 5.24. The first-order valence-electron chi connectivity index (χ1n) is 10.1. The molecule has 1 unspecified atom stereocenters. The Labute approximate surface area is 176 Å². The van der Waals surface area contributed by atoms with Crippen molar-refractivity contribution in [2.24, 2.45) is 5.73 Å². The molecule has 0 aliphatic heterocycles. The molecule has 4 N–H and O–H groups in total. The Morgan fingerprint density at radius 1 is 1.07 bits per heavy atom. The molecule has 1 amide bonds. The molecule has 2 aromatic carbocycles. The normalized spacial score (nSPS) is 11.9. The number of rotatable bonds is 10. The Morgan fingerprint density at radius 3 is 2.53 bits per heavy atom. The van der Waals surface area contributed by atoms with Crippen molar-refractivity contribution in [1.29, 1.82) is 0 Å². The van der Waals surface area contributed by atoms with E-state index in [2.05, 4.69) is 16.4 Å². The Bertz CT molecular complexity index is 999. The van der Waals surface area contributed by atoms with Gasteiger partial charge in [0.25, 0.3) is 0 Å². The van der Waals surface area contributed by atoms with Gasteiger partial charge in [0.1, 0.15) is 11.5 Å². The zero-order valence-electron chi connectivity index (χ0n) is 17.7. The molecule has 0 saturated carbocycles. The van der Waals surface area contributed by atoms with Crippen LogP contribution < -0.4 is 25.3 Å². The summed E-state index contributed by atoms with van der Waals surface area (Å²) in [5, 5.41) is 3.94. The van der Waals surface area contributed by atoms with Gasteiger partial charge in [-0.2, -0.15) is 0 Å². The highest BCUT2D eigenvalue weighted by Crippen LogP contribution is 2.34. The van der Waals surface area contributed by atoms with Gasteiger partial charge in [0.15, 0.2) is 11.5 Å². The van der Waals surface area contributed by atoms with Crippen molar-refractivity contribution in [3.63, 3.8) is 0 Å². The maximum atomic E-state index is 11.7. The summed E-state index contributed by atoms with van der Waals surface area (Å²) in [5.74, 6) is 2.59. The molecule has 0 aliphatic carbocycles. The molecular weight excluding hydrogens is 382 g/mol. The van der Waals surface area contributed by atoms with Gasteiger partial charge in [-0.15, -0.1) is 0 Å². The SMILES string of the molecule is CCC(N)C(=O)NCCCc1cc2cc(Oc3ccc(OC)c(OC)c3)ccc2[nH]1. The lowest BCUT2D eigenvalue weighted by Crippen LogP contribution is -2.40. The highest BCUT2D eigenvalue weighted by molar-refractivity contribution is 5.82. The number of carbonyl (C=O) groups is 1. The summed E-state index contributed by atoms with van der Waals surface area (Å²) in [6.45, 7) is 2.51. The van der Waals surface area contributed by atoms with Crippen LogP contribution in [-0.4, -0.2) is 37.7 Å². The van der Waals surface area contributed by atoms with Crippen LogP contribution in [0.25, 0.3) is 10.9 Å². The number of ether oxygens (including phenoxy) is 3. The minimum atomic E-state index is -0.429. The van der Waals surface area contributed by atoms with Gasteiger partial charge in [-0.3, -0.25) is 4.79 Å². The number of hydrogen-bond acceptors (Lipinski definition) is 5. The van der Waals surface area contributed by atoms with E-state index in [1.54, 1.807) is 20.3 Å². The lowest BCUT2D eigenvalue weighted by molar-refractivity contribution is -0.122. The number of hydrogen-bond donors (Lipinski definition) is 3. The van der Waals surface area contributed by atoms with E-state index in [9.17, 15) is 4.79 Å². The average Bonchev–Trinajstić information content (AvgIpc) is 3.17. The Balaban J connectivity index is 1.61. The fourth-order valence-electron chi connectivity index (χ4n) is 3.19. The number of aryl methyl sites for hydroxylation is 1. The molecule has 1 heterocycles. The molecule has 0 aliphatic rings. The molecule has 0 radical (unpaired) electrons. The summed E-state index contributed by atoms with van der Waals surface area (Å²) >= 11 is 0. The molecule has 1 aromatic heterocycles. The first-order valence-corrected chi connectivity index (χ1v) is 10.1. The predicted molar refractivity (Wildman–Crippen MR) is 118 cm³/mol.